The molecule has 0 aromatic heterocycles. The van der Waals surface area contributed by atoms with E-state index < -0.39 is 0 Å². The number of rotatable bonds is 5. The third kappa shape index (κ3) is 3.65. The predicted molar refractivity (Wildman–Crippen MR) is 58.0 cm³/mol. The van der Waals surface area contributed by atoms with Crippen molar-refractivity contribution < 1.29 is 0 Å². The van der Waals surface area contributed by atoms with Gasteiger partial charge in [-0.2, -0.15) is 0 Å². The van der Waals surface area contributed by atoms with E-state index in [0.717, 1.165) is 5.92 Å². The number of nitrogens with zero attached hydrogens (tertiary/aromatic N) is 2. The summed E-state index contributed by atoms with van der Waals surface area (Å²) in [7, 11) is 2.23. The van der Waals surface area contributed by atoms with E-state index in [-0.39, 0.29) is 0 Å². The van der Waals surface area contributed by atoms with Crippen LogP contribution in [-0.2, 0) is 0 Å². The maximum absolute atomic E-state index is 2.59. The molecule has 0 aliphatic carbocycles. The molecule has 0 spiro atoms. The molecule has 0 bridgehead atoms. The first-order chi connectivity index (χ1) is 6.26. The first-order valence-corrected chi connectivity index (χ1v) is 5.67. The highest BCUT2D eigenvalue weighted by Crippen LogP contribution is 2.15. The number of hydrogen-bond donors (Lipinski definition) is 0. The third-order valence-electron chi connectivity index (χ3n) is 2.99. The van der Waals surface area contributed by atoms with E-state index in [0.29, 0.717) is 0 Å². The summed E-state index contributed by atoms with van der Waals surface area (Å²) in [6.45, 7) is 11.0. The Morgan fingerprint density at radius 3 is 2.62 bits per heavy atom. The van der Waals surface area contributed by atoms with Crippen LogP contribution < -0.4 is 0 Å². The van der Waals surface area contributed by atoms with E-state index in [1.807, 2.05) is 0 Å². The van der Waals surface area contributed by atoms with Crippen molar-refractivity contribution in [2.24, 2.45) is 5.92 Å². The molecule has 1 aliphatic heterocycles. The molecule has 0 saturated carbocycles. The third-order valence-corrected chi connectivity index (χ3v) is 2.99. The maximum Gasteiger partial charge on any atom is 0.00222 e. The lowest BCUT2D eigenvalue weighted by Crippen LogP contribution is -2.31. The first kappa shape index (κ1) is 11.0. The molecule has 0 unspecified atom stereocenters. The molecule has 1 heterocycles. The Bertz CT molecular complexity index is 134. The van der Waals surface area contributed by atoms with E-state index >= 15 is 0 Å². The zero-order chi connectivity index (χ0) is 9.68. The highest BCUT2D eigenvalue weighted by Gasteiger charge is 2.20. The lowest BCUT2D eigenvalue weighted by molar-refractivity contribution is 0.241. The summed E-state index contributed by atoms with van der Waals surface area (Å²) < 4.78 is 0. The van der Waals surface area contributed by atoms with Gasteiger partial charge in [-0.1, -0.05) is 13.8 Å². The quantitative estimate of drug-likeness (QED) is 0.641. The Labute approximate surface area is 82.9 Å². The van der Waals surface area contributed by atoms with Gasteiger partial charge >= 0.3 is 0 Å². The molecule has 78 valence electrons. The summed E-state index contributed by atoms with van der Waals surface area (Å²) >= 11 is 0. The van der Waals surface area contributed by atoms with Crippen molar-refractivity contribution in [3.8, 4) is 0 Å². The Hall–Kier alpha value is -0.0800. The second kappa shape index (κ2) is 5.61. The smallest absolute Gasteiger partial charge is 0.00222 e. The van der Waals surface area contributed by atoms with Crippen molar-refractivity contribution in [1.29, 1.82) is 0 Å². The molecular weight excluding hydrogens is 160 g/mol. The minimum Gasteiger partial charge on any atom is -0.306 e. The average Bonchev–Trinajstić information content (AvgIpc) is 2.50. The van der Waals surface area contributed by atoms with Gasteiger partial charge in [0.05, 0.1) is 0 Å². The van der Waals surface area contributed by atoms with Crippen LogP contribution >= 0.6 is 0 Å². The fourth-order valence-electron chi connectivity index (χ4n) is 2.24. The second-order valence-corrected chi connectivity index (χ2v) is 4.31. The Morgan fingerprint density at radius 2 is 2.15 bits per heavy atom. The SMILES string of the molecule is CCCN(CC)C[C@@H]1CCN(C)C1. The van der Waals surface area contributed by atoms with Crippen molar-refractivity contribution in [3.05, 3.63) is 0 Å². The maximum atomic E-state index is 2.59. The van der Waals surface area contributed by atoms with Gasteiger partial charge in [0.1, 0.15) is 0 Å². The van der Waals surface area contributed by atoms with E-state index in [2.05, 4.69) is 30.7 Å². The zero-order valence-corrected chi connectivity index (χ0v) is 9.42. The van der Waals surface area contributed by atoms with Crippen LogP contribution in [-0.4, -0.2) is 49.6 Å². The second-order valence-electron chi connectivity index (χ2n) is 4.31. The molecule has 1 rings (SSSR count). The number of hydrogen-bond acceptors (Lipinski definition) is 2. The summed E-state index contributed by atoms with van der Waals surface area (Å²) in [5.74, 6) is 0.927. The van der Waals surface area contributed by atoms with Crippen LogP contribution in [0.3, 0.4) is 0 Å². The van der Waals surface area contributed by atoms with Gasteiger partial charge in [-0.05, 0) is 45.4 Å². The molecule has 0 N–H and O–H groups in total. The minimum absolute atomic E-state index is 0.927. The van der Waals surface area contributed by atoms with Gasteiger partial charge in [0.25, 0.3) is 0 Å². The van der Waals surface area contributed by atoms with Crippen molar-refractivity contribution >= 4 is 0 Å². The van der Waals surface area contributed by atoms with E-state index in [1.165, 1.54) is 45.6 Å². The van der Waals surface area contributed by atoms with E-state index in [9.17, 15) is 0 Å². The van der Waals surface area contributed by atoms with Crippen LogP contribution in [0, 0.1) is 5.92 Å². The monoisotopic (exact) mass is 184 g/mol. The fourth-order valence-corrected chi connectivity index (χ4v) is 2.24. The average molecular weight is 184 g/mol. The highest BCUT2D eigenvalue weighted by molar-refractivity contribution is 4.75. The van der Waals surface area contributed by atoms with Crippen molar-refractivity contribution in [2.75, 3.05) is 39.8 Å². The topological polar surface area (TPSA) is 6.48 Å². The van der Waals surface area contributed by atoms with E-state index in [4.69, 9.17) is 0 Å². The molecule has 1 saturated heterocycles. The summed E-state index contributed by atoms with van der Waals surface area (Å²) in [5.41, 5.74) is 0. The van der Waals surface area contributed by atoms with Gasteiger partial charge in [-0.25, -0.2) is 0 Å². The molecule has 0 aromatic rings. The normalized spacial score (nSPS) is 24.5. The van der Waals surface area contributed by atoms with Gasteiger partial charge < -0.3 is 9.80 Å². The lowest BCUT2D eigenvalue weighted by Gasteiger charge is -2.23. The zero-order valence-electron chi connectivity index (χ0n) is 9.42. The van der Waals surface area contributed by atoms with Crippen LogP contribution in [0.1, 0.15) is 26.7 Å². The minimum atomic E-state index is 0.927. The van der Waals surface area contributed by atoms with E-state index in [1.54, 1.807) is 0 Å². The first-order valence-electron chi connectivity index (χ1n) is 5.67. The fraction of sp³-hybridized carbons (Fsp3) is 1.00. The van der Waals surface area contributed by atoms with Crippen LogP contribution in [0.4, 0.5) is 0 Å². The summed E-state index contributed by atoms with van der Waals surface area (Å²) in [4.78, 5) is 5.04. The molecule has 1 aliphatic rings. The number of likely N-dealkylation sites (tertiary alicyclic amines) is 1. The molecular formula is C11H24N2. The van der Waals surface area contributed by atoms with Gasteiger partial charge in [-0.3, -0.25) is 0 Å². The summed E-state index contributed by atoms with van der Waals surface area (Å²) in [6.07, 6.45) is 2.69. The molecule has 1 fully saturated rings. The van der Waals surface area contributed by atoms with Crippen LogP contribution in [0.2, 0.25) is 0 Å². The molecule has 0 aromatic carbocycles. The Morgan fingerprint density at radius 1 is 1.38 bits per heavy atom. The van der Waals surface area contributed by atoms with Gasteiger partial charge in [0.2, 0.25) is 0 Å². The molecule has 13 heavy (non-hydrogen) atoms. The molecule has 2 nitrogen and oxygen atoms in total. The summed E-state index contributed by atoms with van der Waals surface area (Å²) in [6, 6.07) is 0. The highest BCUT2D eigenvalue weighted by atomic mass is 15.2. The summed E-state index contributed by atoms with van der Waals surface area (Å²) in [5, 5.41) is 0. The molecule has 2 heteroatoms. The van der Waals surface area contributed by atoms with Crippen LogP contribution in [0.15, 0.2) is 0 Å². The largest absolute Gasteiger partial charge is 0.306 e. The lowest BCUT2D eigenvalue weighted by atomic mass is 10.1. The van der Waals surface area contributed by atoms with Crippen molar-refractivity contribution in [2.45, 2.75) is 26.7 Å². The Balaban J connectivity index is 2.21. The molecule has 0 radical (unpaired) electrons. The van der Waals surface area contributed by atoms with Gasteiger partial charge in [-0.15, -0.1) is 0 Å². The van der Waals surface area contributed by atoms with Crippen molar-refractivity contribution in [3.63, 3.8) is 0 Å². The standard InChI is InChI=1S/C11H24N2/c1-4-7-13(5-2)10-11-6-8-12(3)9-11/h11H,4-10H2,1-3H3/t11-/m1/s1. The van der Waals surface area contributed by atoms with Crippen LogP contribution in [0.25, 0.3) is 0 Å². The van der Waals surface area contributed by atoms with Crippen LogP contribution in [0.5, 0.6) is 0 Å². The van der Waals surface area contributed by atoms with Gasteiger partial charge in [0.15, 0.2) is 0 Å². The van der Waals surface area contributed by atoms with Crippen molar-refractivity contribution in [1.82, 2.24) is 9.80 Å². The van der Waals surface area contributed by atoms with Gasteiger partial charge in [0, 0.05) is 13.1 Å². The molecule has 1 atom stereocenters. The molecule has 0 amide bonds. The predicted octanol–water partition coefficient (Wildman–Crippen LogP) is 1.67. The Kier molecular flexibility index (Phi) is 4.74.